The normalized spacial score (nSPS) is 14.5. The largest absolute Gasteiger partial charge is 0.508 e. The van der Waals surface area contributed by atoms with Crippen molar-refractivity contribution in [3.63, 3.8) is 0 Å². The summed E-state index contributed by atoms with van der Waals surface area (Å²) in [6.45, 7) is 7.12. The first kappa shape index (κ1) is 40.2. The Bertz CT molecular complexity index is 2960. The topological polar surface area (TPSA) is 128 Å². The summed E-state index contributed by atoms with van der Waals surface area (Å²) in [4.78, 5) is 54.6. The van der Waals surface area contributed by atoms with Gasteiger partial charge in [-0.3, -0.25) is 19.3 Å². The number of phenols is 1. The first-order valence-electron chi connectivity index (χ1n) is 20.6. The number of anilines is 2. The van der Waals surface area contributed by atoms with E-state index >= 15 is 9.59 Å². The highest BCUT2D eigenvalue weighted by atomic mass is 32.1. The van der Waals surface area contributed by atoms with Gasteiger partial charge in [-0.25, -0.2) is 4.98 Å². The molecule has 0 fully saturated rings. The lowest BCUT2D eigenvalue weighted by Gasteiger charge is -2.36. The fraction of sp³-hybridized carbons (Fsp3) is 0.220. The molecule has 7 aromatic rings. The van der Waals surface area contributed by atoms with Crippen LogP contribution in [-0.4, -0.2) is 59.3 Å². The summed E-state index contributed by atoms with van der Waals surface area (Å²) >= 11 is 1.38. The van der Waals surface area contributed by atoms with Gasteiger partial charge in [0.2, 0.25) is 0 Å². The van der Waals surface area contributed by atoms with E-state index in [4.69, 9.17) is 0 Å². The number of phenolic OH excluding ortho intramolecular Hbond substituents is 1. The molecule has 0 saturated heterocycles. The summed E-state index contributed by atoms with van der Waals surface area (Å²) in [7, 11) is 3.69. The minimum absolute atomic E-state index is 0.0613. The first-order valence-corrected chi connectivity index (χ1v) is 21.4. The van der Waals surface area contributed by atoms with Gasteiger partial charge in [0, 0.05) is 79.2 Å². The number of thiazole rings is 1. The Morgan fingerprint density at radius 1 is 0.806 bits per heavy atom. The number of nitrogens with zero attached hydrogens (tertiary/aromatic N) is 7. The smallest absolute Gasteiger partial charge is 0.265 e. The van der Waals surface area contributed by atoms with Crippen LogP contribution in [-0.2, 0) is 40.0 Å². The highest BCUT2D eigenvalue weighted by Crippen LogP contribution is 2.39. The molecule has 12 heteroatoms. The van der Waals surface area contributed by atoms with E-state index in [-0.39, 0.29) is 29.5 Å². The summed E-state index contributed by atoms with van der Waals surface area (Å²) in [5.74, 6) is -0.479. The minimum atomic E-state index is -0.326. The predicted molar refractivity (Wildman–Crippen MR) is 241 cm³/mol. The number of carbonyl (C=O) groups excluding carboxylic acids is 3. The van der Waals surface area contributed by atoms with E-state index in [1.54, 1.807) is 40.9 Å². The maximum Gasteiger partial charge on any atom is 0.265 e. The molecule has 0 aliphatic carbocycles. The molecule has 310 valence electrons. The number of rotatable bonds is 7. The third-order valence-corrected chi connectivity index (χ3v) is 13.6. The first-order chi connectivity index (χ1) is 29.9. The van der Waals surface area contributed by atoms with Crippen LogP contribution in [0.15, 0.2) is 109 Å². The van der Waals surface area contributed by atoms with Crippen molar-refractivity contribution in [2.24, 2.45) is 14.1 Å². The lowest BCUT2D eigenvalue weighted by Crippen LogP contribution is -2.43. The Kier molecular flexibility index (Phi) is 10.4. The lowest BCUT2D eigenvalue weighted by molar-refractivity contribution is 0.0658. The van der Waals surface area contributed by atoms with Crippen LogP contribution in [0.2, 0.25) is 0 Å². The average Bonchev–Trinajstić information content (AvgIpc) is 3.98. The van der Waals surface area contributed by atoms with Crippen molar-refractivity contribution in [3.8, 4) is 33.6 Å². The van der Waals surface area contributed by atoms with Gasteiger partial charge in [-0.2, -0.15) is 5.26 Å². The quantitative estimate of drug-likeness (QED) is 0.171. The van der Waals surface area contributed by atoms with Gasteiger partial charge in [0.15, 0.2) is 0 Å². The number of amides is 3. The van der Waals surface area contributed by atoms with Gasteiger partial charge in [0.05, 0.1) is 17.4 Å². The molecule has 11 nitrogen and oxygen atoms in total. The van der Waals surface area contributed by atoms with Gasteiger partial charge in [-0.15, -0.1) is 11.3 Å². The standard InChI is InChI=1S/C50H45N7O4S/c1-30-21-34-13-9-10-14-36(34)29-56(30)48(59)43-23-37-28-55(50(61)46-27-52-47(62-46)33-11-7-6-8-12-33)20-19-35(37)22-42(43)45-25-41(31(2)54(45)5)49(60)57(38-15-17-40(58)18-16-38)44-24-39(26-51)53(4)32(44)3/h6-18,22-25,27,30,58H,19-21,28-29H2,1-5H3/t30-/m1/s1. The second-order valence-corrected chi connectivity index (χ2v) is 17.2. The van der Waals surface area contributed by atoms with Gasteiger partial charge in [-0.1, -0.05) is 54.6 Å². The Morgan fingerprint density at radius 2 is 1.53 bits per heavy atom. The van der Waals surface area contributed by atoms with Gasteiger partial charge < -0.3 is 24.0 Å². The van der Waals surface area contributed by atoms with Crippen LogP contribution in [0.25, 0.3) is 21.8 Å². The summed E-state index contributed by atoms with van der Waals surface area (Å²) in [5.41, 5.74) is 10.5. The molecule has 1 atom stereocenters. The van der Waals surface area contributed by atoms with Crippen LogP contribution in [0, 0.1) is 25.2 Å². The molecule has 0 radical (unpaired) electrons. The van der Waals surface area contributed by atoms with Crippen LogP contribution in [0.4, 0.5) is 11.4 Å². The maximum absolute atomic E-state index is 15.1. The SMILES string of the molecule is Cc1c(N(C(=O)c2cc(-c3cc4c(cc3C(=O)N3Cc5ccccc5C[C@H]3C)CN(C(=O)c3cnc(-c5ccccc5)s3)CC4)n(C)c2C)c2ccc(O)cc2)cc(C#N)n1C. The molecule has 9 rings (SSSR count). The Morgan fingerprint density at radius 3 is 2.26 bits per heavy atom. The van der Waals surface area contributed by atoms with Crippen molar-refractivity contribution in [1.29, 1.82) is 5.26 Å². The number of benzene rings is 4. The number of aromatic nitrogens is 3. The molecule has 5 heterocycles. The van der Waals surface area contributed by atoms with Gasteiger partial charge in [0.25, 0.3) is 17.7 Å². The number of fused-ring (bicyclic) bond motifs is 2. The zero-order chi connectivity index (χ0) is 43.4. The van der Waals surface area contributed by atoms with Crippen molar-refractivity contribution in [3.05, 3.63) is 165 Å². The van der Waals surface area contributed by atoms with E-state index in [2.05, 4.69) is 36.2 Å². The zero-order valence-corrected chi connectivity index (χ0v) is 36.0. The van der Waals surface area contributed by atoms with E-state index < -0.39 is 0 Å². The molecule has 0 bridgehead atoms. The third-order valence-electron chi connectivity index (χ3n) is 12.6. The molecule has 0 spiro atoms. The van der Waals surface area contributed by atoms with Gasteiger partial charge in [-0.05, 0) is 104 Å². The predicted octanol–water partition coefficient (Wildman–Crippen LogP) is 9.11. The third kappa shape index (κ3) is 7.04. The molecule has 0 saturated carbocycles. The van der Waals surface area contributed by atoms with E-state index in [0.29, 0.717) is 76.1 Å². The van der Waals surface area contributed by atoms with E-state index in [0.717, 1.165) is 39.4 Å². The number of carbonyl (C=O) groups is 3. The number of hydrogen-bond donors (Lipinski definition) is 1. The number of nitriles is 1. The maximum atomic E-state index is 15.1. The van der Waals surface area contributed by atoms with Crippen LogP contribution < -0.4 is 4.90 Å². The Labute approximate surface area is 364 Å². The van der Waals surface area contributed by atoms with Crippen molar-refractivity contribution < 1.29 is 19.5 Å². The summed E-state index contributed by atoms with van der Waals surface area (Å²) in [6.07, 6.45) is 2.96. The molecule has 4 aromatic carbocycles. The average molecular weight is 840 g/mol. The van der Waals surface area contributed by atoms with Gasteiger partial charge in [0.1, 0.15) is 27.4 Å². The van der Waals surface area contributed by atoms with Crippen molar-refractivity contribution >= 4 is 40.4 Å². The lowest BCUT2D eigenvalue weighted by atomic mass is 9.89. The molecular formula is C50H45N7O4S. The van der Waals surface area contributed by atoms with E-state index in [9.17, 15) is 15.2 Å². The van der Waals surface area contributed by atoms with Crippen molar-refractivity contribution in [2.75, 3.05) is 11.4 Å². The zero-order valence-electron chi connectivity index (χ0n) is 35.2. The van der Waals surface area contributed by atoms with Gasteiger partial charge >= 0.3 is 0 Å². The fourth-order valence-electron chi connectivity index (χ4n) is 8.80. The molecule has 1 N–H and O–H groups in total. The van der Waals surface area contributed by atoms with Crippen molar-refractivity contribution in [1.82, 2.24) is 23.9 Å². The highest BCUT2D eigenvalue weighted by molar-refractivity contribution is 7.16. The Balaban J connectivity index is 1.12. The molecular weight excluding hydrogens is 795 g/mol. The monoisotopic (exact) mass is 839 g/mol. The highest BCUT2D eigenvalue weighted by Gasteiger charge is 2.34. The van der Waals surface area contributed by atoms with Crippen LogP contribution in [0.3, 0.4) is 0 Å². The molecule has 0 unspecified atom stereocenters. The van der Waals surface area contributed by atoms with E-state index in [1.165, 1.54) is 29.0 Å². The minimum Gasteiger partial charge on any atom is -0.508 e. The number of aromatic hydroxyl groups is 1. The van der Waals surface area contributed by atoms with Crippen LogP contribution in [0.5, 0.6) is 5.75 Å². The molecule has 2 aliphatic rings. The molecule has 2 aliphatic heterocycles. The van der Waals surface area contributed by atoms with Crippen LogP contribution >= 0.6 is 11.3 Å². The fourth-order valence-corrected chi connectivity index (χ4v) is 9.69. The molecule has 62 heavy (non-hydrogen) atoms. The second-order valence-electron chi connectivity index (χ2n) is 16.2. The summed E-state index contributed by atoms with van der Waals surface area (Å²) in [6, 6.07) is 34.2. The summed E-state index contributed by atoms with van der Waals surface area (Å²) < 4.78 is 3.71. The van der Waals surface area contributed by atoms with Crippen molar-refractivity contribution in [2.45, 2.75) is 52.7 Å². The Hall–Kier alpha value is -7.23. The molecule has 3 aromatic heterocycles. The van der Waals surface area contributed by atoms with E-state index in [1.807, 2.05) is 89.9 Å². The second kappa shape index (κ2) is 16.0. The summed E-state index contributed by atoms with van der Waals surface area (Å²) in [5, 5.41) is 20.8. The molecule has 3 amide bonds. The van der Waals surface area contributed by atoms with Crippen LogP contribution in [0.1, 0.15) is 76.6 Å². The number of hydrogen-bond acceptors (Lipinski definition) is 7.